The zero-order valence-corrected chi connectivity index (χ0v) is 12.1. The number of benzene rings is 1. The Hall–Kier alpha value is -2.24. The molecule has 0 saturated carbocycles. The summed E-state index contributed by atoms with van der Waals surface area (Å²) >= 11 is 0. The van der Waals surface area contributed by atoms with Gasteiger partial charge in [-0.3, -0.25) is 9.59 Å². The fraction of sp³-hybridized carbons (Fsp3) is 0.375. The smallest absolute Gasteiger partial charge is 0.246 e. The van der Waals surface area contributed by atoms with Crippen molar-refractivity contribution in [2.45, 2.75) is 31.7 Å². The first-order valence-corrected chi connectivity index (χ1v) is 7.20. The Kier molecular flexibility index (Phi) is 5.25. The molecular formula is C16H18F2N2O2. The molecule has 6 heteroatoms. The van der Waals surface area contributed by atoms with Crippen molar-refractivity contribution in [2.24, 2.45) is 5.73 Å². The number of halogens is 2. The van der Waals surface area contributed by atoms with Gasteiger partial charge in [-0.25, -0.2) is 8.78 Å². The molecule has 1 aliphatic heterocycles. The largest absolute Gasteiger partial charge is 0.370 e. The van der Waals surface area contributed by atoms with E-state index in [1.54, 1.807) is 4.90 Å². The Morgan fingerprint density at radius 1 is 1.27 bits per heavy atom. The van der Waals surface area contributed by atoms with Crippen LogP contribution in [0.4, 0.5) is 8.78 Å². The first-order chi connectivity index (χ1) is 10.5. The number of nitrogens with two attached hydrogens (primary N) is 1. The molecule has 2 N–H and O–H groups in total. The Balaban J connectivity index is 2.12. The van der Waals surface area contributed by atoms with Crippen LogP contribution in [0.5, 0.6) is 0 Å². The summed E-state index contributed by atoms with van der Waals surface area (Å²) in [5.41, 5.74) is 4.95. The monoisotopic (exact) mass is 308 g/mol. The molecular weight excluding hydrogens is 290 g/mol. The van der Waals surface area contributed by atoms with Crippen molar-refractivity contribution >= 4 is 17.9 Å². The van der Waals surface area contributed by atoms with E-state index in [0.29, 0.717) is 13.0 Å². The summed E-state index contributed by atoms with van der Waals surface area (Å²) < 4.78 is 27.0. The average molecular weight is 308 g/mol. The van der Waals surface area contributed by atoms with Crippen molar-refractivity contribution in [1.29, 1.82) is 0 Å². The third-order valence-electron chi connectivity index (χ3n) is 3.74. The quantitative estimate of drug-likeness (QED) is 0.867. The molecule has 4 nitrogen and oxygen atoms in total. The highest BCUT2D eigenvalue weighted by atomic mass is 19.1. The van der Waals surface area contributed by atoms with Gasteiger partial charge in [-0.2, -0.15) is 0 Å². The Morgan fingerprint density at radius 3 is 2.59 bits per heavy atom. The van der Waals surface area contributed by atoms with Gasteiger partial charge >= 0.3 is 0 Å². The van der Waals surface area contributed by atoms with Crippen molar-refractivity contribution in [3.05, 3.63) is 41.5 Å². The molecule has 0 unspecified atom stereocenters. The first kappa shape index (κ1) is 16.1. The SMILES string of the molecule is NC(=O)C[C@H]1CCCCN1C(=O)/C=C/c1c(F)cccc1F. The van der Waals surface area contributed by atoms with Crippen LogP contribution < -0.4 is 5.73 Å². The third kappa shape index (κ3) is 3.90. The van der Waals surface area contributed by atoms with Crippen molar-refractivity contribution in [3.8, 4) is 0 Å². The van der Waals surface area contributed by atoms with E-state index in [9.17, 15) is 18.4 Å². The van der Waals surface area contributed by atoms with E-state index < -0.39 is 17.5 Å². The number of carbonyl (C=O) groups is 2. The van der Waals surface area contributed by atoms with Crippen molar-refractivity contribution in [2.75, 3.05) is 6.54 Å². The highest BCUT2D eigenvalue weighted by molar-refractivity contribution is 5.92. The molecule has 1 atom stereocenters. The number of nitrogens with zero attached hydrogens (tertiary/aromatic N) is 1. The lowest BCUT2D eigenvalue weighted by atomic mass is 9.99. The molecule has 0 bridgehead atoms. The van der Waals surface area contributed by atoms with E-state index in [-0.39, 0.29) is 23.9 Å². The average Bonchev–Trinajstić information content (AvgIpc) is 2.46. The van der Waals surface area contributed by atoms with Gasteiger partial charge in [-0.1, -0.05) is 6.07 Å². The second kappa shape index (κ2) is 7.15. The summed E-state index contributed by atoms with van der Waals surface area (Å²) in [6, 6.07) is 3.28. The maximum Gasteiger partial charge on any atom is 0.246 e. The zero-order chi connectivity index (χ0) is 16.1. The predicted molar refractivity (Wildman–Crippen MR) is 78.6 cm³/mol. The van der Waals surface area contributed by atoms with Gasteiger partial charge < -0.3 is 10.6 Å². The maximum atomic E-state index is 13.5. The minimum atomic E-state index is -0.726. The maximum absolute atomic E-state index is 13.5. The summed E-state index contributed by atoms with van der Waals surface area (Å²) in [7, 11) is 0. The van der Waals surface area contributed by atoms with Gasteiger partial charge in [0.15, 0.2) is 0 Å². The molecule has 1 aromatic rings. The Labute approximate surface area is 127 Å². The lowest BCUT2D eigenvalue weighted by Crippen LogP contribution is -2.44. The molecule has 1 fully saturated rings. The van der Waals surface area contributed by atoms with E-state index in [0.717, 1.165) is 37.1 Å². The van der Waals surface area contributed by atoms with Gasteiger partial charge in [0.25, 0.3) is 0 Å². The molecule has 2 rings (SSSR count). The lowest BCUT2D eigenvalue weighted by molar-refractivity contribution is -0.130. The third-order valence-corrected chi connectivity index (χ3v) is 3.74. The van der Waals surface area contributed by atoms with Crippen molar-refractivity contribution in [3.63, 3.8) is 0 Å². The topological polar surface area (TPSA) is 63.4 Å². The highest BCUT2D eigenvalue weighted by Crippen LogP contribution is 2.21. The molecule has 1 heterocycles. The molecule has 0 spiro atoms. The second-order valence-electron chi connectivity index (χ2n) is 5.32. The van der Waals surface area contributed by atoms with Gasteiger partial charge in [0.2, 0.25) is 11.8 Å². The van der Waals surface area contributed by atoms with Crippen LogP contribution in [0.1, 0.15) is 31.2 Å². The number of amides is 2. The molecule has 2 amide bonds. The van der Waals surface area contributed by atoms with Crippen LogP contribution in [0.2, 0.25) is 0 Å². The molecule has 22 heavy (non-hydrogen) atoms. The predicted octanol–water partition coefficient (Wildman–Crippen LogP) is 2.23. The molecule has 1 aliphatic rings. The van der Waals surface area contributed by atoms with Crippen LogP contribution in [0.3, 0.4) is 0 Å². The molecule has 0 aromatic heterocycles. The minimum absolute atomic E-state index is 0.105. The van der Waals surface area contributed by atoms with E-state index in [1.807, 2.05) is 0 Å². The van der Waals surface area contributed by atoms with Gasteiger partial charge in [-0.05, 0) is 37.5 Å². The summed E-state index contributed by atoms with van der Waals surface area (Å²) in [5.74, 6) is -2.28. The minimum Gasteiger partial charge on any atom is -0.370 e. The van der Waals surface area contributed by atoms with Gasteiger partial charge in [0.05, 0.1) is 0 Å². The molecule has 118 valence electrons. The number of primary amides is 1. The normalized spacial score (nSPS) is 18.6. The summed E-state index contributed by atoms with van der Waals surface area (Å²) in [6.45, 7) is 0.515. The summed E-state index contributed by atoms with van der Waals surface area (Å²) in [5, 5.41) is 0. The number of rotatable bonds is 4. The Morgan fingerprint density at radius 2 is 1.95 bits per heavy atom. The van der Waals surface area contributed by atoms with Gasteiger partial charge in [0.1, 0.15) is 11.6 Å². The van der Waals surface area contributed by atoms with E-state index in [1.165, 1.54) is 6.07 Å². The molecule has 1 aromatic carbocycles. The fourth-order valence-electron chi connectivity index (χ4n) is 2.66. The van der Waals surface area contributed by atoms with Crippen LogP contribution in [0.25, 0.3) is 6.08 Å². The van der Waals surface area contributed by atoms with Crippen LogP contribution in [-0.2, 0) is 9.59 Å². The van der Waals surface area contributed by atoms with E-state index in [4.69, 9.17) is 5.73 Å². The highest BCUT2D eigenvalue weighted by Gasteiger charge is 2.26. The number of hydrogen-bond acceptors (Lipinski definition) is 2. The zero-order valence-electron chi connectivity index (χ0n) is 12.1. The standard InChI is InChI=1S/C16H18F2N2O2/c17-13-5-3-6-14(18)12(13)7-8-16(22)20-9-2-1-4-11(20)10-15(19)21/h3,5-8,11H,1-2,4,9-10H2,(H2,19,21)/b8-7+/t11-/m1/s1. The van der Waals surface area contributed by atoms with Gasteiger partial charge in [0, 0.05) is 30.6 Å². The first-order valence-electron chi connectivity index (χ1n) is 7.20. The molecule has 0 aliphatic carbocycles. The van der Waals surface area contributed by atoms with E-state index in [2.05, 4.69) is 0 Å². The molecule has 0 radical (unpaired) electrons. The van der Waals surface area contributed by atoms with Gasteiger partial charge in [-0.15, -0.1) is 0 Å². The number of hydrogen-bond donors (Lipinski definition) is 1. The van der Waals surface area contributed by atoms with E-state index >= 15 is 0 Å². The number of piperidine rings is 1. The lowest BCUT2D eigenvalue weighted by Gasteiger charge is -2.34. The fourth-order valence-corrected chi connectivity index (χ4v) is 2.66. The van der Waals surface area contributed by atoms with Crippen molar-refractivity contribution < 1.29 is 18.4 Å². The van der Waals surface area contributed by atoms with Crippen LogP contribution in [-0.4, -0.2) is 29.3 Å². The van der Waals surface area contributed by atoms with Crippen LogP contribution in [0, 0.1) is 11.6 Å². The van der Waals surface area contributed by atoms with Crippen LogP contribution in [0.15, 0.2) is 24.3 Å². The number of carbonyl (C=O) groups excluding carboxylic acids is 2. The molecule has 1 saturated heterocycles. The van der Waals surface area contributed by atoms with Crippen molar-refractivity contribution in [1.82, 2.24) is 4.90 Å². The second-order valence-corrected chi connectivity index (χ2v) is 5.32. The summed E-state index contributed by atoms with van der Waals surface area (Å²) in [6.07, 6.45) is 4.84. The summed E-state index contributed by atoms with van der Waals surface area (Å²) in [4.78, 5) is 24.8. The van der Waals surface area contributed by atoms with Crippen LogP contribution >= 0.6 is 0 Å². The Bertz CT molecular complexity index is 582. The number of likely N-dealkylation sites (tertiary alicyclic amines) is 1.